The van der Waals surface area contributed by atoms with Gasteiger partial charge in [-0.2, -0.15) is 0 Å². The maximum Gasteiger partial charge on any atom is 0.322 e. The molecule has 0 aliphatic rings. The summed E-state index contributed by atoms with van der Waals surface area (Å²) in [5, 5.41) is 8.42. The van der Waals surface area contributed by atoms with Crippen molar-refractivity contribution in [1.82, 2.24) is 0 Å². The average molecular weight is 476 g/mol. The first-order chi connectivity index (χ1) is 10.9. The zero-order valence-electron chi connectivity index (χ0n) is 16.4. The van der Waals surface area contributed by atoms with Crippen molar-refractivity contribution in [2.24, 2.45) is 22.3 Å². The molecular formula is C16H37Cl3N2O5S. The number of hydrogen-bond acceptors (Lipinski definition) is 6. The van der Waals surface area contributed by atoms with Gasteiger partial charge in [-0.1, -0.05) is 49.0 Å². The van der Waals surface area contributed by atoms with Gasteiger partial charge in [-0.05, 0) is 23.7 Å². The number of carboxylic acids is 1. The highest BCUT2D eigenvalue weighted by atomic mass is 36.0. The van der Waals surface area contributed by atoms with Crippen LogP contribution in [0.3, 0.4) is 0 Å². The quantitative estimate of drug-likeness (QED) is 0.415. The van der Waals surface area contributed by atoms with Crippen LogP contribution in [0.15, 0.2) is 0 Å². The molecule has 7 nitrogen and oxygen atoms in total. The molecule has 168 valence electrons. The van der Waals surface area contributed by atoms with Crippen molar-refractivity contribution >= 4 is 54.9 Å². The van der Waals surface area contributed by atoms with Crippen molar-refractivity contribution in [2.45, 2.75) is 73.9 Å². The zero-order valence-corrected chi connectivity index (χ0v) is 19.5. The summed E-state index contributed by atoms with van der Waals surface area (Å²) in [6, 6.07) is -1.21. The Bertz CT molecular complexity index is 423. The highest BCUT2D eigenvalue weighted by molar-refractivity contribution is 8.26. The highest BCUT2D eigenvalue weighted by Crippen LogP contribution is 2.20. The summed E-state index contributed by atoms with van der Waals surface area (Å²) in [4.78, 5) is 21.1. The van der Waals surface area contributed by atoms with Crippen LogP contribution in [0.1, 0.15) is 61.8 Å². The number of rotatable bonds is 4. The molecule has 0 bridgehead atoms. The molecule has 27 heavy (non-hydrogen) atoms. The largest absolute Gasteiger partial charge is 0.480 e. The molecule has 0 aromatic rings. The fourth-order valence-corrected chi connectivity index (χ4v) is 1.64. The van der Waals surface area contributed by atoms with Crippen LogP contribution >= 0.6 is 33.8 Å². The molecule has 0 aromatic carbocycles. The summed E-state index contributed by atoms with van der Waals surface area (Å²) in [5.41, 5.74) is 10.9. The lowest BCUT2D eigenvalue weighted by Crippen LogP contribution is -2.35. The molecule has 0 rings (SSSR count). The second-order valence-corrected chi connectivity index (χ2v) is 10.3. The van der Waals surface area contributed by atoms with E-state index in [0.29, 0.717) is 12.8 Å². The van der Waals surface area contributed by atoms with E-state index in [-0.39, 0.29) is 36.6 Å². The molecule has 0 fully saturated rings. The lowest BCUT2D eigenvalue weighted by Gasteiger charge is -2.21. The summed E-state index contributed by atoms with van der Waals surface area (Å²) in [5.74, 6) is -1.25. The average Bonchev–Trinajstić information content (AvgIpc) is 2.33. The first-order valence-electron chi connectivity index (χ1n) is 7.49. The minimum atomic E-state index is -1.67. The molecule has 0 aliphatic heterocycles. The van der Waals surface area contributed by atoms with E-state index in [2.05, 4.69) is 26.1 Å². The van der Waals surface area contributed by atoms with Gasteiger partial charge >= 0.3 is 11.9 Å². The first-order valence-corrected chi connectivity index (χ1v) is 10.3. The van der Waals surface area contributed by atoms with Gasteiger partial charge in [0.2, 0.25) is 9.23 Å². The summed E-state index contributed by atoms with van der Waals surface area (Å²) < 4.78 is 13.6. The van der Waals surface area contributed by atoms with E-state index in [0.717, 1.165) is 0 Å². The number of halogens is 3. The number of nitrogens with two attached hydrogens (primary N) is 2. The minimum Gasteiger partial charge on any atom is -0.480 e. The third-order valence-electron chi connectivity index (χ3n) is 2.49. The Morgan fingerprint density at radius 2 is 1.26 bits per heavy atom. The number of carboxylic acid groups (broad SMARTS) is 1. The number of carbonyl (C=O) groups excluding carboxylic acids is 1. The van der Waals surface area contributed by atoms with Crippen LogP contribution in [0.25, 0.3) is 0 Å². The fourth-order valence-electron chi connectivity index (χ4n) is 1.64. The molecule has 0 radical (unpaired) electrons. The molecular weight excluding hydrogens is 439 g/mol. The van der Waals surface area contributed by atoms with Gasteiger partial charge in [-0.25, -0.2) is 4.21 Å². The van der Waals surface area contributed by atoms with Crippen LogP contribution in [0.5, 0.6) is 0 Å². The lowest BCUT2D eigenvalue weighted by molar-refractivity contribution is -0.143. The standard InChI is InChI=1S/C8H17NO2.C7H15NO2.CH4.Cl2OS.ClH/c1-8(2,3)5-6(9)7(10)11-4;1-7(2,3)4-5(8)6(9)10;;1-4(2)3;/h6H,5,9H2,1-4H3;5H,4,8H2,1-3H3,(H,9,10);1H4;;1H/t6-;5-;;;/m11.../s1. The third kappa shape index (κ3) is 37.3. The Balaban J connectivity index is -0.0000000942. The zero-order chi connectivity index (χ0) is 21.0. The van der Waals surface area contributed by atoms with Crippen LogP contribution in [-0.2, 0) is 23.6 Å². The second-order valence-electron chi connectivity index (χ2n) is 7.79. The summed E-state index contributed by atoms with van der Waals surface area (Å²) in [6.07, 6.45) is 1.17. The SMILES string of the molecule is C.CC(C)(C)C[C@@H](N)C(=O)O.COC(=O)[C@H](N)CC(C)(C)C.Cl.O=S(Cl)Cl. The molecule has 0 aliphatic carbocycles. The van der Waals surface area contributed by atoms with Gasteiger partial charge in [0.25, 0.3) is 0 Å². The Hall–Kier alpha value is -0.120. The smallest absolute Gasteiger partial charge is 0.322 e. The van der Waals surface area contributed by atoms with E-state index in [4.69, 9.17) is 20.8 Å². The van der Waals surface area contributed by atoms with Gasteiger partial charge in [0, 0.05) is 21.4 Å². The Kier molecular flexibility index (Phi) is 25.0. The molecule has 0 unspecified atom stereocenters. The van der Waals surface area contributed by atoms with Crippen LogP contribution in [-0.4, -0.2) is 40.4 Å². The van der Waals surface area contributed by atoms with Crippen molar-refractivity contribution in [1.29, 1.82) is 0 Å². The fraction of sp³-hybridized carbons (Fsp3) is 0.875. The number of aliphatic carboxylic acids is 1. The van der Waals surface area contributed by atoms with E-state index in [1.54, 1.807) is 0 Å². The predicted octanol–water partition coefficient (Wildman–Crippen LogP) is 3.86. The van der Waals surface area contributed by atoms with Crippen LogP contribution < -0.4 is 11.5 Å². The monoisotopic (exact) mass is 474 g/mol. The van der Waals surface area contributed by atoms with Gasteiger partial charge < -0.3 is 21.3 Å². The van der Waals surface area contributed by atoms with Crippen molar-refractivity contribution in [3.63, 3.8) is 0 Å². The lowest BCUT2D eigenvalue weighted by atomic mass is 9.88. The third-order valence-corrected chi connectivity index (χ3v) is 2.49. The van der Waals surface area contributed by atoms with Gasteiger partial charge in [0.15, 0.2) is 0 Å². The van der Waals surface area contributed by atoms with Gasteiger partial charge in [0.1, 0.15) is 12.1 Å². The van der Waals surface area contributed by atoms with E-state index in [9.17, 15) is 9.59 Å². The van der Waals surface area contributed by atoms with E-state index < -0.39 is 27.3 Å². The second kappa shape index (κ2) is 17.9. The maximum absolute atomic E-state index is 10.8. The normalized spacial score (nSPS) is 12.6. The van der Waals surface area contributed by atoms with Crippen LogP contribution in [0.4, 0.5) is 0 Å². The van der Waals surface area contributed by atoms with Gasteiger partial charge in [0.05, 0.1) is 7.11 Å². The predicted molar refractivity (Wildman–Crippen MR) is 118 cm³/mol. The van der Waals surface area contributed by atoms with Crippen molar-refractivity contribution in [3.8, 4) is 0 Å². The first kappa shape index (κ1) is 37.6. The molecule has 11 heteroatoms. The molecule has 0 spiro atoms. The number of carbonyl (C=O) groups is 2. The van der Waals surface area contributed by atoms with Crippen molar-refractivity contribution < 1.29 is 23.6 Å². The van der Waals surface area contributed by atoms with Crippen LogP contribution in [0, 0.1) is 10.8 Å². The Labute approximate surface area is 181 Å². The van der Waals surface area contributed by atoms with Crippen molar-refractivity contribution in [2.75, 3.05) is 7.11 Å². The number of methoxy groups -OCH3 is 1. The molecule has 0 amide bonds. The molecule has 0 saturated carbocycles. The summed E-state index contributed by atoms with van der Waals surface area (Å²) in [6.45, 7) is 12.0. The van der Waals surface area contributed by atoms with Gasteiger partial charge in [-0.15, -0.1) is 12.4 Å². The molecule has 0 heterocycles. The topological polar surface area (TPSA) is 133 Å². The van der Waals surface area contributed by atoms with E-state index in [1.807, 2.05) is 41.5 Å². The molecule has 0 saturated heterocycles. The molecule has 5 N–H and O–H groups in total. The maximum atomic E-state index is 10.8. The number of hydrogen-bond donors (Lipinski definition) is 3. The molecule has 2 atom stereocenters. The van der Waals surface area contributed by atoms with Crippen molar-refractivity contribution in [3.05, 3.63) is 0 Å². The minimum absolute atomic E-state index is 0. The number of esters is 1. The number of ether oxygens (including phenoxy) is 1. The molecule has 0 aromatic heterocycles. The van der Waals surface area contributed by atoms with E-state index >= 15 is 0 Å². The van der Waals surface area contributed by atoms with E-state index in [1.165, 1.54) is 7.11 Å². The van der Waals surface area contributed by atoms with Gasteiger partial charge in [-0.3, -0.25) is 9.59 Å². The highest BCUT2D eigenvalue weighted by Gasteiger charge is 2.21. The summed E-state index contributed by atoms with van der Waals surface area (Å²) >= 11 is 0. The Morgan fingerprint density at radius 1 is 1.00 bits per heavy atom. The Morgan fingerprint density at radius 3 is 1.41 bits per heavy atom. The summed E-state index contributed by atoms with van der Waals surface area (Å²) in [7, 11) is 8.71. The van der Waals surface area contributed by atoms with Crippen LogP contribution in [0.2, 0.25) is 0 Å².